The molecule has 136 valence electrons. The number of nitrogens with zero attached hydrogens (tertiary/aromatic N) is 1. The monoisotopic (exact) mass is 400 g/mol. The van der Waals surface area contributed by atoms with Crippen molar-refractivity contribution in [3.05, 3.63) is 50.2 Å². The highest BCUT2D eigenvalue weighted by atomic mass is 32.2. The predicted molar refractivity (Wildman–Crippen MR) is 100 cm³/mol. The molecule has 0 spiro atoms. The Balaban J connectivity index is 1.41. The molecule has 3 fully saturated rings. The summed E-state index contributed by atoms with van der Waals surface area (Å²) in [5.41, 5.74) is 1.63. The Hall–Kier alpha value is -2.19. The highest BCUT2D eigenvalue weighted by Gasteiger charge is 2.66. The topological polar surface area (TPSA) is 70.2 Å². The van der Waals surface area contributed by atoms with Gasteiger partial charge in [-0.3, -0.25) is 19.3 Å². The molecule has 1 aromatic heterocycles. The number of aromatic nitrogens is 1. The molecule has 1 aromatic carbocycles. The quantitative estimate of drug-likeness (QED) is 0.748. The largest absolute Gasteiger partial charge is 0.307 e. The Labute approximate surface area is 161 Å². The number of nitrogens with one attached hydrogen (secondary N) is 1. The van der Waals surface area contributed by atoms with Crippen molar-refractivity contribution in [2.45, 2.75) is 16.7 Å². The molecule has 5 nitrogen and oxygen atoms in total. The van der Waals surface area contributed by atoms with Crippen molar-refractivity contribution in [1.82, 2.24) is 4.98 Å². The second-order valence-corrected chi connectivity index (χ2v) is 9.60. The second kappa shape index (κ2) is 5.20. The van der Waals surface area contributed by atoms with Crippen LogP contribution in [-0.2, 0) is 9.59 Å². The van der Waals surface area contributed by atoms with E-state index in [1.165, 1.54) is 46.1 Å². The van der Waals surface area contributed by atoms with E-state index < -0.39 is 5.82 Å². The lowest BCUT2D eigenvalue weighted by Gasteiger charge is -2.32. The summed E-state index contributed by atoms with van der Waals surface area (Å²) in [4.78, 5) is 42.9. The molecular formula is C19H13FN2O3S2. The molecule has 4 aliphatic rings. The van der Waals surface area contributed by atoms with Gasteiger partial charge in [0.15, 0.2) is 0 Å². The van der Waals surface area contributed by atoms with Crippen LogP contribution in [0.15, 0.2) is 39.7 Å². The number of amides is 2. The van der Waals surface area contributed by atoms with Gasteiger partial charge in [-0.1, -0.05) is 28.7 Å². The lowest BCUT2D eigenvalue weighted by Crippen LogP contribution is -2.34. The van der Waals surface area contributed by atoms with Gasteiger partial charge >= 0.3 is 4.87 Å². The molecule has 3 heterocycles. The van der Waals surface area contributed by atoms with E-state index in [9.17, 15) is 18.8 Å². The number of thiazole rings is 1. The number of carbonyl (C=O) groups excluding carboxylic acids is 2. The summed E-state index contributed by atoms with van der Waals surface area (Å²) in [6.07, 6.45) is 2.89. The van der Waals surface area contributed by atoms with Gasteiger partial charge in [0.25, 0.3) is 0 Å². The molecule has 1 saturated heterocycles. The minimum absolute atomic E-state index is 0.0461. The molecule has 2 saturated carbocycles. The van der Waals surface area contributed by atoms with E-state index in [0.29, 0.717) is 5.69 Å². The maximum absolute atomic E-state index is 13.2. The van der Waals surface area contributed by atoms with Gasteiger partial charge < -0.3 is 4.98 Å². The van der Waals surface area contributed by atoms with Crippen LogP contribution in [0.3, 0.4) is 0 Å². The van der Waals surface area contributed by atoms with Gasteiger partial charge in [-0.25, -0.2) is 4.39 Å². The molecule has 2 amide bonds. The van der Waals surface area contributed by atoms with Gasteiger partial charge in [0.2, 0.25) is 11.8 Å². The van der Waals surface area contributed by atoms with E-state index in [1.807, 2.05) is 0 Å². The molecule has 27 heavy (non-hydrogen) atoms. The Kier molecular flexibility index (Phi) is 3.05. The van der Waals surface area contributed by atoms with Crippen LogP contribution in [0.4, 0.5) is 10.1 Å². The van der Waals surface area contributed by atoms with Crippen molar-refractivity contribution in [1.29, 1.82) is 0 Å². The van der Waals surface area contributed by atoms with Gasteiger partial charge in [-0.2, -0.15) is 0 Å². The SMILES string of the molecule is O=C1[C@@H]2[C@H]3C[C@@H](C4=Cc5sc(=O)[nH]c5S[C@H]43)[C@H]2C(=O)N1c1ccc(F)cc1. The molecular weight excluding hydrogens is 387 g/mol. The number of imide groups is 1. The molecule has 6 rings (SSSR count). The number of benzene rings is 1. The van der Waals surface area contributed by atoms with E-state index in [2.05, 4.69) is 11.1 Å². The average Bonchev–Trinajstić information content (AvgIpc) is 3.35. The van der Waals surface area contributed by atoms with Crippen molar-refractivity contribution >= 4 is 46.7 Å². The summed E-state index contributed by atoms with van der Waals surface area (Å²) in [6, 6.07) is 5.51. The van der Waals surface area contributed by atoms with Crippen LogP contribution >= 0.6 is 23.1 Å². The number of fused-ring (bicyclic) bond motifs is 9. The number of thioether (sulfide) groups is 1. The van der Waals surface area contributed by atoms with Gasteiger partial charge in [-0.05, 0) is 48.6 Å². The molecule has 8 heteroatoms. The van der Waals surface area contributed by atoms with Gasteiger partial charge in [0, 0.05) is 5.25 Å². The Morgan fingerprint density at radius 1 is 1.07 bits per heavy atom. The predicted octanol–water partition coefficient (Wildman–Crippen LogP) is 2.89. The van der Waals surface area contributed by atoms with Crippen LogP contribution in [0.1, 0.15) is 11.3 Å². The first-order chi connectivity index (χ1) is 13.0. The molecule has 2 aromatic rings. The number of hydrogen-bond donors (Lipinski definition) is 1. The van der Waals surface area contributed by atoms with Crippen molar-refractivity contribution in [2.75, 3.05) is 4.90 Å². The first-order valence-corrected chi connectivity index (χ1v) is 10.5. The molecule has 2 aliphatic carbocycles. The van der Waals surface area contributed by atoms with E-state index in [4.69, 9.17) is 0 Å². The summed E-state index contributed by atoms with van der Waals surface area (Å²) in [7, 11) is 0. The fourth-order valence-electron chi connectivity index (χ4n) is 5.26. The zero-order chi connectivity index (χ0) is 18.4. The maximum atomic E-state index is 13.2. The minimum atomic E-state index is -0.397. The molecule has 2 bridgehead atoms. The number of carbonyl (C=O) groups is 2. The van der Waals surface area contributed by atoms with E-state index in [0.717, 1.165) is 16.3 Å². The number of H-pyrrole nitrogens is 1. The smallest absolute Gasteiger partial charge is 0.305 e. The summed E-state index contributed by atoms with van der Waals surface area (Å²) in [6.45, 7) is 0. The summed E-state index contributed by atoms with van der Waals surface area (Å²) in [5.74, 6) is -1.28. The number of rotatable bonds is 1. The van der Waals surface area contributed by atoms with E-state index in [-0.39, 0.29) is 45.6 Å². The first-order valence-electron chi connectivity index (χ1n) is 8.77. The zero-order valence-corrected chi connectivity index (χ0v) is 15.5. The van der Waals surface area contributed by atoms with Crippen LogP contribution in [0.2, 0.25) is 0 Å². The highest BCUT2D eigenvalue weighted by molar-refractivity contribution is 8.00. The minimum Gasteiger partial charge on any atom is -0.307 e. The Bertz CT molecular complexity index is 1100. The summed E-state index contributed by atoms with van der Waals surface area (Å²) in [5, 5.41) is 1.01. The standard InChI is InChI=1S/C19H13FN2O3S2/c20-7-1-3-8(4-2-7)22-17(23)13-9-5-11(14(13)18(22)24)15-10(9)6-12-16(27-15)21-19(25)26-12/h1-4,6,9,11,13-15H,5H2,(H,21,25)/t9-,11+,13+,14+,15+/m0/s1. The van der Waals surface area contributed by atoms with Crippen LogP contribution in [0.5, 0.6) is 0 Å². The van der Waals surface area contributed by atoms with Crippen molar-refractivity contribution < 1.29 is 14.0 Å². The molecule has 5 atom stereocenters. The van der Waals surface area contributed by atoms with Crippen molar-refractivity contribution in [3.8, 4) is 0 Å². The van der Waals surface area contributed by atoms with E-state index in [1.54, 1.807) is 11.8 Å². The first kappa shape index (κ1) is 15.8. The third kappa shape index (κ3) is 1.97. The Morgan fingerprint density at radius 2 is 1.81 bits per heavy atom. The van der Waals surface area contributed by atoms with Crippen molar-refractivity contribution in [2.24, 2.45) is 23.7 Å². The number of aromatic amines is 1. The zero-order valence-electron chi connectivity index (χ0n) is 13.8. The van der Waals surface area contributed by atoms with Gasteiger partial charge in [0.1, 0.15) is 5.82 Å². The molecule has 1 N–H and O–H groups in total. The average molecular weight is 400 g/mol. The number of anilines is 1. The second-order valence-electron chi connectivity index (χ2n) is 7.44. The lowest BCUT2D eigenvalue weighted by molar-refractivity contribution is -0.123. The number of halogens is 1. The summed E-state index contributed by atoms with van der Waals surface area (Å²) < 4.78 is 13.2. The normalized spacial score (nSPS) is 33.1. The van der Waals surface area contributed by atoms with Crippen LogP contribution in [0, 0.1) is 29.5 Å². The third-order valence-electron chi connectivity index (χ3n) is 6.23. The fraction of sp³-hybridized carbons (Fsp3) is 0.316. The van der Waals surface area contributed by atoms with Crippen LogP contribution < -0.4 is 9.77 Å². The number of hydrogen-bond acceptors (Lipinski definition) is 5. The van der Waals surface area contributed by atoms with Gasteiger partial charge in [0.05, 0.1) is 27.4 Å². The third-order valence-corrected chi connectivity index (χ3v) is 8.63. The fourth-order valence-corrected chi connectivity index (χ4v) is 7.70. The highest BCUT2D eigenvalue weighted by Crippen LogP contribution is 2.64. The van der Waals surface area contributed by atoms with Crippen LogP contribution in [0.25, 0.3) is 6.08 Å². The van der Waals surface area contributed by atoms with Gasteiger partial charge in [-0.15, -0.1) is 0 Å². The van der Waals surface area contributed by atoms with Crippen molar-refractivity contribution in [3.63, 3.8) is 0 Å². The van der Waals surface area contributed by atoms with Crippen LogP contribution in [-0.4, -0.2) is 22.0 Å². The maximum Gasteiger partial charge on any atom is 0.305 e. The lowest BCUT2D eigenvalue weighted by atomic mass is 9.77. The van der Waals surface area contributed by atoms with E-state index >= 15 is 0 Å². The summed E-state index contributed by atoms with van der Waals surface area (Å²) >= 11 is 2.80. The molecule has 2 aliphatic heterocycles. The molecule has 0 unspecified atom stereocenters. The molecule has 0 radical (unpaired) electrons. The Morgan fingerprint density at radius 3 is 2.59 bits per heavy atom.